The van der Waals surface area contributed by atoms with Gasteiger partial charge >= 0.3 is 5.97 Å². The van der Waals surface area contributed by atoms with E-state index in [1.807, 2.05) is 13.8 Å². The zero-order valence-electron chi connectivity index (χ0n) is 9.96. The second-order valence-corrected chi connectivity index (χ2v) is 4.52. The lowest BCUT2D eigenvalue weighted by Crippen LogP contribution is -2.08. The van der Waals surface area contributed by atoms with Crippen LogP contribution in [0.5, 0.6) is 0 Å². The summed E-state index contributed by atoms with van der Waals surface area (Å²) in [6.07, 6.45) is 3.41. The van der Waals surface area contributed by atoms with Crippen molar-refractivity contribution in [2.24, 2.45) is 0 Å². The Morgan fingerprint density at radius 3 is 2.78 bits per heavy atom. The molecule has 2 aromatic heterocycles. The fraction of sp³-hybridized carbons (Fsp3) is 0.250. The van der Waals surface area contributed by atoms with E-state index in [2.05, 4.69) is 9.97 Å². The topological polar surface area (TPSA) is 68.0 Å². The molecule has 0 aromatic carbocycles. The molecule has 0 aliphatic rings. The highest BCUT2D eigenvalue weighted by Crippen LogP contribution is 2.20. The highest BCUT2D eigenvalue weighted by molar-refractivity contribution is 6.33. The Bertz CT molecular complexity index is 593. The summed E-state index contributed by atoms with van der Waals surface area (Å²) in [6, 6.07) is 3.19. The molecule has 0 atom stereocenters. The van der Waals surface area contributed by atoms with Crippen LogP contribution in [0.4, 0.5) is 0 Å². The quantitative estimate of drug-likeness (QED) is 0.926. The highest BCUT2D eigenvalue weighted by atomic mass is 35.5. The molecule has 0 saturated heterocycles. The maximum absolute atomic E-state index is 11.0. The smallest absolute Gasteiger partial charge is 0.356 e. The monoisotopic (exact) mass is 265 g/mol. The zero-order valence-corrected chi connectivity index (χ0v) is 10.7. The van der Waals surface area contributed by atoms with Gasteiger partial charge in [-0.05, 0) is 12.1 Å². The first-order chi connectivity index (χ1) is 8.50. The van der Waals surface area contributed by atoms with Crippen molar-refractivity contribution in [1.29, 1.82) is 0 Å². The van der Waals surface area contributed by atoms with Gasteiger partial charge in [-0.2, -0.15) is 0 Å². The van der Waals surface area contributed by atoms with Crippen LogP contribution in [0, 0.1) is 0 Å². The summed E-state index contributed by atoms with van der Waals surface area (Å²) >= 11 is 5.79. The Morgan fingerprint density at radius 2 is 2.17 bits per heavy atom. The number of carboxylic acids is 1. The Balaban J connectivity index is 2.54. The molecular weight excluding hydrogens is 254 g/mol. The molecule has 5 nitrogen and oxygen atoms in total. The average Bonchev–Trinajstić information content (AvgIpc) is 2.78. The molecule has 0 aliphatic heterocycles. The van der Waals surface area contributed by atoms with Gasteiger partial charge in [0.25, 0.3) is 0 Å². The van der Waals surface area contributed by atoms with Gasteiger partial charge in [0.15, 0.2) is 5.69 Å². The minimum atomic E-state index is -1.15. The molecule has 2 aromatic rings. The van der Waals surface area contributed by atoms with Crippen molar-refractivity contribution in [2.45, 2.75) is 19.8 Å². The van der Waals surface area contributed by atoms with Gasteiger partial charge in [0.2, 0.25) is 0 Å². The number of hydrogen-bond donors (Lipinski definition) is 1. The van der Waals surface area contributed by atoms with E-state index < -0.39 is 5.97 Å². The zero-order chi connectivity index (χ0) is 13.3. The highest BCUT2D eigenvalue weighted by Gasteiger charge is 2.15. The predicted molar refractivity (Wildman–Crippen MR) is 67.4 cm³/mol. The Labute approximate surface area is 109 Å². The van der Waals surface area contributed by atoms with Crippen LogP contribution in [0.3, 0.4) is 0 Å². The fourth-order valence-electron chi connectivity index (χ4n) is 1.65. The second-order valence-electron chi connectivity index (χ2n) is 4.12. The summed E-state index contributed by atoms with van der Waals surface area (Å²) in [5, 5.41) is 9.12. The number of carboxylic acid groups (broad SMARTS) is 1. The number of nitrogens with zero attached hydrogens (tertiary/aromatic N) is 3. The molecule has 0 amide bonds. The van der Waals surface area contributed by atoms with E-state index in [9.17, 15) is 4.79 Å². The van der Waals surface area contributed by atoms with E-state index in [4.69, 9.17) is 16.7 Å². The molecule has 0 radical (unpaired) electrons. The summed E-state index contributed by atoms with van der Waals surface area (Å²) in [6.45, 7) is 4.01. The van der Waals surface area contributed by atoms with Crippen molar-refractivity contribution in [1.82, 2.24) is 14.5 Å². The third kappa shape index (κ3) is 2.22. The lowest BCUT2D eigenvalue weighted by molar-refractivity contribution is 0.0690. The lowest BCUT2D eigenvalue weighted by Gasteiger charge is -2.10. The van der Waals surface area contributed by atoms with Crippen LogP contribution in [0.2, 0.25) is 5.02 Å². The molecular formula is C12H12ClN3O2. The van der Waals surface area contributed by atoms with E-state index in [1.54, 1.807) is 23.0 Å². The predicted octanol–water partition coefficient (Wildman–Crippen LogP) is 2.74. The number of imidazole rings is 1. The minimum absolute atomic E-state index is 0.123. The third-order valence-corrected chi connectivity index (χ3v) is 2.77. The van der Waals surface area contributed by atoms with Gasteiger partial charge in [-0.3, -0.25) is 4.57 Å². The summed E-state index contributed by atoms with van der Waals surface area (Å²) in [5.74, 6) is 0.387. The Hall–Kier alpha value is -1.88. The van der Waals surface area contributed by atoms with Crippen LogP contribution in [0.25, 0.3) is 5.82 Å². The molecule has 0 aliphatic carbocycles. The van der Waals surface area contributed by atoms with Crippen LogP contribution in [-0.2, 0) is 0 Å². The molecule has 0 bridgehead atoms. The van der Waals surface area contributed by atoms with Gasteiger partial charge < -0.3 is 5.11 Å². The molecule has 6 heteroatoms. The molecule has 0 fully saturated rings. The van der Waals surface area contributed by atoms with E-state index in [1.165, 1.54) is 6.07 Å². The molecule has 2 heterocycles. The maximum atomic E-state index is 11.0. The Kier molecular flexibility index (Phi) is 3.34. The van der Waals surface area contributed by atoms with Crippen LogP contribution < -0.4 is 0 Å². The number of rotatable bonds is 3. The first kappa shape index (κ1) is 12.6. The van der Waals surface area contributed by atoms with Gasteiger partial charge in [-0.1, -0.05) is 25.4 Å². The van der Waals surface area contributed by atoms with Crippen molar-refractivity contribution in [3.63, 3.8) is 0 Å². The third-order valence-electron chi connectivity index (χ3n) is 2.47. The van der Waals surface area contributed by atoms with Gasteiger partial charge in [0.1, 0.15) is 11.6 Å². The first-order valence-corrected chi connectivity index (χ1v) is 5.82. The average molecular weight is 266 g/mol. The van der Waals surface area contributed by atoms with E-state index in [0.717, 1.165) is 5.82 Å². The number of aromatic carboxylic acids is 1. The molecule has 0 unspecified atom stereocenters. The molecule has 1 N–H and O–H groups in total. The van der Waals surface area contributed by atoms with Gasteiger partial charge in [-0.15, -0.1) is 0 Å². The molecule has 2 rings (SSSR count). The number of pyridine rings is 1. The SMILES string of the molecule is CC(C)c1nccn1-c1ccc(Cl)c(C(=O)O)n1. The standard InChI is InChI=1S/C12H12ClN3O2/c1-7(2)11-14-5-6-16(11)9-4-3-8(13)10(15-9)12(17)18/h3-7H,1-2H3,(H,17,18). The first-order valence-electron chi connectivity index (χ1n) is 5.44. The van der Waals surface area contributed by atoms with Crippen LogP contribution in [-0.4, -0.2) is 25.6 Å². The molecule has 0 spiro atoms. The van der Waals surface area contributed by atoms with E-state index in [0.29, 0.717) is 5.82 Å². The number of hydrogen-bond acceptors (Lipinski definition) is 3. The van der Waals surface area contributed by atoms with Gasteiger partial charge in [0, 0.05) is 18.3 Å². The second kappa shape index (κ2) is 4.78. The van der Waals surface area contributed by atoms with Crippen LogP contribution in [0.1, 0.15) is 36.1 Å². The normalized spacial score (nSPS) is 10.9. The van der Waals surface area contributed by atoms with Gasteiger partial charge in [-0.25, -0.2) is 14.8 Å². The number of aromatic nitrogens is 3. The van der Waals surface area contributed by atoms with Gasteiger partial charge in [0.05, 0.1) is 5.02 Å². The number of carbonyl (C=O) groups is 1. The van der Waals surface area contributed by atoms with Crippen molar-refractivity contribution >= 4 is 17.6 Å². The summed E-state index contributed by atoms with van der Waals surface area (Å²) in [7, 11) is 0. The Morgan fingerprint density at radius 1 is 1.44 bits per heavy atom. The summed E-state index contributed by atoms with van der Waals surface area (Å²) in [4.78, 5) is 19.3. The fourth-order valence-corrected chi connectivity index (χ4v) is 1.84. The molecule has 94 valence electrons. The molecule has 18 heavy (non-hydrogen) atoms. The van der Waals surface area contributed by atoms with E-state index >= 15 is 0 Å². The largest absolute Gasteiger partial charge is 0.476 e. The van der Waals surface area contributed by atoms with Crippen LogP contribution in [0.15, 0.2) is 24.5 Å². The lowest BCUT2D eigenvalue weighted by atomic mass is 10.2. The minimum Gasteiger partial charge on any atom is -0.476 e. The molecule has 0 saturated carbocycles. The van der Waals surface area contributed by atoms with Crippen molar-refractivity contribution in [3.05, 3.63) is 41.1 Å². The van der Waals surface area contributed by atoms with Crippen molar-refractivity contribution < 1.29 is 9.90 Å². The summed E-state index contributed by atoms with van der Waals surface area (Å²) in [5.41, 5.74) is -0.155. The van der Waals surface area contributed by atoms with Crippen LogP contribution >= 0.6 is 11.6 Å². The number of halogens is 1. The summed E-state index contributed by atoms with van der Waals surface area (Å²) < 4.78 is 1.76. The maximum Gasteiger partial charge on any atom is 0.356 e. The van der Waals surface area contributed by atoms with Crippen molar-refractivity contribution in [3.8, 4) is 5.82 Å². The van der Waals surface area contributed by atoms with Crippen molar-refractivity contribution in [2.75, 3.05) is 0 Å². The van der Waals surface area contributed by atoms with E-state index in [-0.39, 0.29) is 16.6 Å².